The van der Waals surface area contributed by atoms with E-state index < -0.39 is 0 Å². The summed E-state index contributed by atoms with van der Waals surface area (Å²) in [6, 6.07) is 3.70. The van der Waals surface area contributed by atoms with E-state index in [0.29, 0.717) is 43.7 Å². The maximum Gasteiger partial charge on any atom is 0.122 e. The van der Waals surface area contributed by atoms with Crippen LogP contribution in [0.15, 0.2) is 18.3 Å². The van der Waals surface area contributed by atoms with Crippen LogP contribution in [0, 0.1) is 0 Å². The van der Waals surface area contributed by atoms with Crippen LogP contribution in [0.3, 0.4) is 0 Å². The predicted octanol–water partition coefficient (Wildman–Crippen LogP) is 0.895. The highest BCUT2D eigenvalue weighted by molar-refractivity contribution is 7.80. The second kappa shape index (κ2) is 8.93. The first kappa shape index (κ1) is 15.0. The summed E-state index contributed by atoms with van der Waals surface area (Å²) in [5.41, 5.74) is 7.11. The molecule has 5 nitrogen and oxygen atoms in total. The molecular weight excluding hydrogens is 252 g/mol. The van der Waals surface area contributed by atoms with Gasteiger partial charge in [-0.3, -0.25) is 4.98 Å². The number of nitrogens with zero attached hydrogens (tertiary/aromatic N) is 1. The first-order valence-electron chi connectivity index (χ1n) is 5.63. The van der Waals surface area contributed by atoms with E-state index in [2.05, 4.69) is 4.98 Å². The summed E-state index contributed by atoms with van der Waals surface area (Å²) in [7, 11) is 1.64. The Bertz CT molecular complexity index is 374. The molecule has 1 heterocycles. The molecule has 0 saturated heterocycles. The van der Waals surface area contributed by atoms with Crippen molar-refractivity contribution in [2.45, 2.75) is 6.61 Å². The van der Waals surface area contributed by atoms with Crippen molar-refractivity contribution in [3.8, 4) is 0 Å². The fourth-order valence-corrected chi connectivity index (χ4v) is 1.36. The van der Waals surface area contributed by atoms with Gasteiger partial charge < -0.3 is 19.9 Å². The third-order valence-electron chi connectivity index (χ3n) is 2.15. The van der Waals surface area contributed by atoms with Gasteiger partial charge in [-0.25, -0.2) is 0 Å². The number of ether oxygens (including phenoxy) is 3. The van der Waals surface area contributed by atoms with E-state index in [4.69, 9.17) is 32.2 Å². The van der Waals surface area contributed by atoms with Gasteiger partial charge in [0, 0.05) is 13.3 Å². The highest BCUT2D eigenvalue weighted by atomic mass is 32.1. The van der Waals surface area contributed by atoms with Crippen molar-refractivity contribution in [1.82, 2.24) is 4.98 Å². The molecular formula is C12H18N2O3S. The summed E-state index contributed by atoms with van der Waals surface area (Å²) < 4.78 is 15.6. The van der Waals surface area contributed by atoms with Gasteiger partial charge >= 0.3 is 0 Å². The first-order valence-corrected chi connectivity index (χ1v) is 6.04. The minimum absolute atomic E-state index is 0.291. The second-order valence-corrected chi connectivity index (χ2v) is 4.01. The Labute approximate surface area is 112 Å². The van der Waals surface area contributed by atoms with Gasteiger partial charge in [0.05, 0.1) is 38.7 Å². The zero-order chi connectivity index (χ0) is 13.2. The molecule has 6 heteroatoms. The summed E-state index contributed by atoms with van der Waals surface area (Å²) in [6.07, 6.45) is 1.67. The van der Waals surface area contributed by atoms with Crippen LogP contribution in [0.2, 0.25) is 0 Å². The van der Waals surface area contributed by atoms with Crippen LogP contribution < -0.4 is 5.73 Å². The maximum absolute atomic E-state index is 5.50. The second-order valence-electron chi connectivity index (χ2n) is 3.57. The average molecular weight is 270 g/mol. The molecule has 1 aromatic rings. The molecule has 0 unspecified atom stereocenters. The molecule has 18 heavy (non-hydrogen) atoms. The summed E-state index contributed by atoms with van der Waals surface area (Å²) in [4.78, 5) is 4.35. The summed E-state index contributed by atoms with van der Waals surface area (Å²) >= 11 is 4.86. The Hall–Kier alpha value is -1.08. The van der Waals surface area contributed by atoms with Crippen molar-refractivity contribution < 1.29 is 14.2 Å². The van der Waals surface area contributed by atoms with E-state index in [-0.39, 0.29) is 0 Å². The van der Waals surface area contributed by atoms with E-state index in [9.17, 15) is 0 Å². The topological polar surface area (TPSA) is 66.6 Å². The smallest absolute Gasteiger partial charge is 0.122 e. The van der Waals surface area contributed by atoms with Gasteiger partial charge in [-0.1, -0.05) is 12.2 Å². The molecule has 1 aromatic heterocycles. The summed E-state index contributed by atoms with van der Waals surface area (Å²) in [5.74, 6) is 0. The maximum atomic E-state index is 5.50. The SMILES string of the molecule is COCCOCCOCc1ccnc(C(N)=S)c1. The molecule has 0 bridgehead atoms. The van der Waals surface area contributed by atoms with Gasteiger partial charge in [0.2, 0.25) is 0 Å². The molecule has 0 aliphatic carbocycles. The largest absolute Gasteiger partial charge is 0.388 e. The third kappa shape index (κ3) is 6.02. The lowest BCUT2D eigenvalue weighted by Gasteiger charge is -2.06. The van der Waals surface area contributed by atoms with Crippen LogP contribution in [-0.2, 0) is 20.8 Å². The van der Waals surface area contributed by atoms with Gasteiger partial charge in [-0.15, -0.1) is 0 Å². The van der Waals surface area contributed by atoms with Crippen LogP contribution in [-0.4, -0.2) is 43.5 Å². The molecule has 2 N–H and O–H groups in total. The van der Waals surface area contributed by atoms with Crippen LogP contribution in [0.25, 0.3) is 0 Å². The number of pyridine rings is 1. The zero-order valence-electron chi connectivity index (χ0n) is 10.4. The molecule has 0 saturated carbocycles. The van der Waals surface area contributed by atoms with Gasteiger partial charge in [-0.05, 0) is 17.7 Å². The van der Waals surface area contributed by atoms with Crippen molar-refractivity contribution in [3.05, 3.63) is 29.6 Å². The molecule has 0 atom stereocenters. The Morgan fingerprint density at radius 1 is 1.28 bits per heavy atom. The standard InChI is InChI=1S/C12H18N2O3S/c1-15-4-5-16-6-7-17-9-10-2-3-14-11(8-10)12(13)18/h2-3,8H,4-7,9H2,1H3,(H2,13,18). The number of hydrogen-bond acceptors (Lipinski definition) is 5. The van der Waals surface area contributed by atoms with Crippen LogP contribution in [0.5, 0.6) is 0 Å². The van der Waals surface area contributed by atoms with Gasteiger partial charge in [0.1, 0.15) is 4.99 Å². The fourth-order valence-electron chi connectivity index (χ4n) is 1.25. The zero-order valence-corrected chi connectivity index (χ0v) is 11.2. The number of thiocarbonyl (C=S) groups is 1. The lowest BCUT2D eigenvalue weighted by Crippen LogP contribution is -2.12. The van der Waals surface area contributed by atoms with Crippen molar-refractivity contribution in [2.75, 3.05) is 33.5 Å². The average Bonchev–Trinajstić information content (AvgIpc) is 2.38. The van der Waals surface area contributed by atoms with Crippen molar-refractivity contribution in [3.63, 3.8) is 0 Å². The van der Waals surface area contributed by atoms with E-state index >= 15 is 0 Å². The van der Waals surface area contributed by atoms with Crippen molar-refractivity contribution >= 4 is 17.2 Å². The minimum Gasteiger partial charge on any atom is -0.388 e. The van der Waals surface area contributed by atoms with Gasteiger partial charge in [-0.2, -0.15) is 0 Å². The molecule has 0 aromatic carbocycles. The first-order chi connectivity index (χ1) is 8.74. The van der Waals surface area contributed by atoms with E-state index in [1.807, 2.05) is 12.1 Å². The lowest BCUT2D eigenvalue weighted by molar-refractivity contribution is 0.0199. The molecule has 1 rings (SSSR count). The van der Waals surface area contributed by atoms with Crippen molar-refractivity contribution in [1.29, 1.82) is 0 Å². The summed E-state index contributed by atoms with van der Waals surface area (Å²) in [6.45, 7) is 2.76. The van der Waals surface area contributed by atoms with Crippen LogP contribution >= 0.6 is 12.2 Å². The van der Waals surface area contributed by atoms with Crippen LogP contribution in [0.1, 0.15) is 11.3 Å². The molecule has 0 spiro atoms. The Kier molecular flexibility index (Phi) is 7.43. The van der Waals surface area contributed by atoms with Crippen molar-refractivity contribution in [2.24, 2.45) is 5.73 Å². The lowest BCUT2D eigenvalue weighted by atomic mass is 10.2. The molecule has 100 valence electrons. The molecule has 0 aliphatic rings. The Morgan fingerprint density at radius 3 is 2.72 bits per heavy atom. The summed E-state index contributed by atoms with van der Waals surface area (Å²) in [5, 5.41) is 0. The highest BCUT2D eigenvalue weighted by Gasteiger charge is 2.00. The number of aromatic nitrogens is 1. The molecule has 0 fully saturated rings. The normalized spacial score (nSPS) is 10.5. The number of methoxy groups -OCH3 is 1. The van der Waals surface area contributed by atoms with Gasteiger partial charge in [0.25, 0.3) is 0 Å². The third-order valence-corrected chi connectivity index (χ3v) is 2.36. The monoisotopic (exact) mass is 270 g/mol. The molecule has 0 radical (unpaired) electrons. The number of hydrogen-bond donors (Lipinski definition) is 1. The van der Waals surface area contributed by atoms with E-state index in [1.54, 1.807) is 13.3 Å². The van der Waals surface area contributed by atoms with E-state index in [0.717, 1.165) is 5.56 Å². The molecule has 0 amide bonds. The minimum atomic E-state index is 0.291. The quantitative estimate of drug-likeness (QED) is 0.531. The Balaban J connectivity index is 2.19. The number of rotatable bonds is 9. The Morgan fingerprint density at radius 2 is 2.00 bits per heavy atom. The fraction of sp³-hybridized carbons (Fsp3) is 0.500. The number of nitrogens with two attached hydrogens (primary N) is 1. The van der Waals surface area contributed by atoms with Gasteiger partial charge in [0.15, 0.2) is 0 Å². The molecule has 0 aliphatic heterocycles. The van der Waals surface area contributed by atoms with Crippen LogP contribution in [0.4, 0.5) is 0 Å². The highest BCUT2D eigenvalue weighted by Crippen LogP contribution is 2.03. The van der Waals surface area contributed by atoms with E-state index in [1.165, 1.54) is 0 Å². The predicted molar refractivity (Wildman–Crippen MR) is 72.5 cm³/mol.